The highest BCUT2D eigenvalue weighted by Crippen LogP contribution is 2.28. The van der Waals surface area contributed by atoms with Gasteiger partial charge in [0, 0.05) is 17.2 Å². The lowest BCUT2D eigenvalue weighted by Crippen LogP contribution is -2.11. The Kier molecular flexibility index (Phi) is 3.43. The molecule has 0 bridgehead atoms. The minimum atomic E-state index is -1.18. The molecule has 0 spiro atoms. The summed E-state index contributed by atoms with van der Waals surface area (Å²) in [6, 6.07) is 1.86. The SMILES string of the molecule is [N-]=[N+]=Nc1c(F)cc2c(=O)ccn(CCF)c2c1F. The Bertz CT molecular complexity index is 750. The molecule has 5 nitrogen and oxygen atoms in total. The molecule has 2 rings (SSSR count). The molecule has 0 radical (unpaired) electrons. The Labute approximate surface area is 104 Å². The van der Waals surface area contributed by atoms with Gasteiger partial charge in [0.2, 0.25) is 0 Å². The van der Waals surface area contributed by atoms with E-state index in [1.54, 1.807) is 0 Å². The molecule has 0 unspecified atom stereocenters. The zero-order chi connectivity index (χ0) is 14.0. The molecule has 0 aliphatic rings. The smallest absolute Gasteiger partial charge is 0.189 e. The minimum Gasteiger partial charge on any atom is -0.342 e. The monoisotopic (exact) mass is 268 g/mol. The van der Waals surface area contributed by atoms with Gasteiger partial charge in [-0.1, -0.05) is 5.11 Å². The molecule has 1 aromatic carbocycles. The van der Waals surface area contributed by atoms with Crippen LogP contribution in [0.5, 0.6) is 0 Å². The van der Waals surface area contributed by atoms with Crippen LogP contribution in [-0.4, -0.2) is 11.2 Å². The highest BCUT2D eigenvalue weighted by Gasteiger charge is 2.16. The van der Waals surface area contributed by atoms with Gasteiger partial charge < -0.3 is 4.57 Å². The first-order valence-corrected chi connectivity index (χ1v) is 5.22. The zero-order valence-electron chi connectivity index (χ0n) is 9.48. The van der Waals surface area contributed by atoms with Crippen LogP contribution in [0.4, 0.5) is 18.9 Å². The summed E-state index contributed by atoms with van der Waals surface area (Å²) in [6.45, 7) is -0.985. The highest BCUT2D eigenvalue weighted by atomic mass is 19.1. The molecule has 0 aliphatic carbocycles. The van der Waals surface area contributed by atoms with Crippen molar-refractivity contribution in [3.8, 4) is 0 Å². The lowest BCUT2D eigenvalue weighted by molar-refractivity contribution is 0.447. The summed E-state index contributed by atoms with van der Waals surface area (Å²) in [7, 11) is 0. The Morgan fingerprint density at radius 3 is 2.79 bits per heavy atom. The third-order valence-electron chi connectivity index (χ3n) is 2.60. The number of azide groups is 1. The second-order valence-electron chi connectivity index (χ2n) is 3.67. The van der Waals surface area contributed by atoms with Gasteiger partial charge in [-0.3, -0.25) is 4.79 Å². The number of fused-ring (bicyclic) bond motifs is 1. The molecule has 98 valence electrons. The summed E-state index contributed by atoms with van der Waals surface area (Å²) in [5.41, 5.74) is 6.54. The lowest BCUT2D eigenvalue weighted by Gasteiger charge is -2.11. The van der Waals surface area contributed by atoms with Crippen LogP contribution < -0.4 is 5.43 Å². The molecule has 1 heterocycles. The van der Waals surface area contributed by atoms with Crippen LogP contribution in [0.15, 0.2) is 28.2 Å². The zero-order valence-corrected chi connectivity index (χ0v) is 9.48. The van der Waals surface area contributed by atoms with Crippen LogP contribution in [0.25, 0.3) is 21.3 Å². The van der Waals surface area contributed by atoms with Gasteiger partial charge in [0.05, 0.1) is 17.4 Å². The number of hydrogen-bond donors (Lipinski definition) is 0. The first-order valence-electron chi connectivity index (χ1n) is 5.22. The number of benzene rings is 1. The van der Waals surface area contributed by atoms with E-state index in [0.29, 0.717) is 0 Å². The van der Waals surface area contributed by atoms with Gasteiger partial charge in [0.25, 0.3) is 0 Å². The fraction of sp³-hybridized carbons (Fsp3) is 0.182. The number of alkyl halides is 1. The number of aromatic nitrogens is 1. The van der Waals surface area contributed by atoms with Gasteiger partial charge in [0.15, 0.2) is 11.2 Å². The van der Waals surface area contributed by atoms with Crippen LogP contribution in [0.1, 0.15) is 0 Å². The molecule has 0 N–H and O–H groups in total. The number of aryl methyl sites for hydroxylation is 1. The molecular weight excluding hydrogens is 261 g/mol. The van der Waals surface area contributed by atoms with Crippen molar-refractivity contribution in [2.24, 2.45) is 5.11 Å². The fourth-order valence-corrected chi connectivity index (χ4v) is 1.80. The van der Waals surface area contributed by atoms with Crippen LogP contribution in [0.2, 0.25) is 0 Å². The molecule has 0 aliphatic heterocycles. The maximum absolute atomic E-state index is 14.1. The molecule has 0 amide bonds. The van der Waals surface area contributed by atoms with Crippen molar-refractivity contribution in [3.05, 3.63) is 50.6 Å². The Morgan fingerprint density at radius 1 is 1.42 bits per heavy atom. The largest absolute Gasteiger partial charge is 0.342 e. The van der Waals surface area contributed by atoms with Gasteiger partial charge in [0.1, 0.15) is 18.2 Å². The van der Waals surface area contributed by atoms with E-state index in [2.05, 4.69) is 10.0 Å². The summed E-state index contributed by atoms with van der Waals surface area (Å²) in [6.07, 6.45) is 1.20. The normalized spacial score (nSPS) is 10.5. The number of pyridine rings is 1. The third-order valence-corrected chi connectivity index (χ3v) is 2.60. The predicted octanol–water partition coefficient (Wildman–Crippen LogP) is 3.19. The van der Waals surface area contributed by atoms with Crippen molar-refractivity contribution < 1.29 is 13.2 Å². The number of nitrogens with zero attached hydrogens (tertiary/aromatic N) is 4. The standard InChI is InChI=1S/C11H7F3N4O/c12-2-4-18-3-1-8(19)6-5-7(13)10(16-17-15)9(14)11(6)18/h1,3,5H,2,4H2. The molecule has 2 aromatic rings. The summed E-state index contributed by atoms with van der Waals surface area (Å²) in [5, 5.41) is 2.67. The van der Waals surface area contributed by atoms with Crippen LogP contribution in [0, 0.1) is 11.6 Å². The average Bonchev–Trinajstić information content (AvgIpc) is 2.38. The van der Waals surface area contributed by atoms with E-state index in [0.717, 1.165) is 16.7 Å². The van der Waals surface area contributed by atoms with Crippen LogP contribution in [-0.2, 0) is 6.54 Å². The molecule has 0 atom stereocenters. The number of rotatable bonds is 3. The van der Waals surface area contributed by atoms with Crippen LogP contribution in [0.3, 0.4) is 0 Å². The fourth-order valence-electron chi connectivity index (χ4n) is 1.80. The molecule has 0 fully saturated rings. The molecule has 8 heteroatoms. The summed E-state index contributed by atoms with van der Waals surface area (Å²) < 4.78 is 41.1. The predicted molar refractivity (Wildman–Crippen MR) is 62.9 cm³/mol. The minimum absolute atomic E-state index is 0.199. The van der Waals surface area contributed by atoms with Crippen molar-refractivity contribution in [3.63, 3.8) is 0 Å². The molecular formula is C11H7F3N4O. The number of hydrogen-bond acceptors (Lipinski definition) is 2. The second-order valence-corrected chi connectivity index (χ2v) is 3.67. The van der Waals surface area contributed by atoms with E-state index < -0.39 is 29.4 Å². The number of halogens is 3. The summed E-state index contributed by atoms with van der Waals surface area (Å²) >= 11 is 0. The van der Waals surface area contributed by atoms with E-state index in [9.17, 15) is 18.0 Å². The quantitative estimate of drug-likeness (QED) is 0.478. The van der Waals surface area contributed by atoms with Gasteiger partial charge >= 0.3 is 0 Å². The highest BCUT2D eigenvalue weighted by molar-refractivity contribution is 5.83. The molecule has 0 saturated heterocycles. The lowest BCUT2D eigenvalue weighted by atomic mass is 10.1. The first-order chi connectivity index (χ1) is 9.10. The van der Waals surface area contributed by atoms with Crippen molar-refractivity contribution in [1.82, 2.24) is 4.57 Å². The van der Waals surface area contributed by atoms with Gasteiger partial charge in [-0.15, -0.1) is 0 Å². The maximum Gasteiger partial charge on any atom is 0.189 e. The summed E-state index contributed by atoms with van der Waals surface area (Å²) in [5.74, 6) is -2.32. The average molecular weight is 268 g/mol. The molecule has 0 saturated carbocycles. The molecule has 1 aromatic heterocycles. The second kappa shape index (κ2) is 5.03. The van der Waals surface area contributed by atoms with Crippen LogP contribution >= 0.6 is 0 Å². The topological polar surface area (TPSA) is 70.8 Å². The molecule has 19 heavy (non-hydrogen) atoms. The first kappa shape index (κ1) is 13.0. The van der Waals surface area contributed by atoms with Gasteiger partial charge in [-0.05, 0) is 11.6 Å². The van der Waals surface area contributed by atoms with Gasteiger partial charge in [-0.25, -0.2) is 13.2 Å². The third kappa shape index (κ3) is 2.13. The van der Waals surface area contributed by atoms with Gasteiger partial charge in [-0.2, -0.15) is 0 Å². The Morgan fingerprint density at radius 2 is 2.16 bits per heavy atom. The van der Waals surface area contributed by atoms with Crippen molar-refractivity contribution in [2.45, 2.75) is 6.54 Å². The maximum atomic E-state index is 14.1. The van der Waals surface area contributed by atoms with Crippen molar-refractivity contribution in [1.29, 1.82) is 0 Å². The van der Waals surface area contributed by atoms with E-state index >= 15 is 0 Å². The van der Waals surface area contributed by atoms with E-state index in [1.807, 2.05) is 0 Å². The summed E-state index contributed by atoms with van der Waals surface area (Å²) in [4.78, 5) is 13.9. The van der Waals surface area contributed by atoms with E-state index in [1.165, 1.54) is 6.20 Å². The van der Waals surface area contributed by atoms with E-state index in [-0.39, 0.29) is 17.4 Å². The van der Waals surface area contributed by atoms with E-state index in [4.69, 9.17) is 5.53 Å². The van der Waals surface area contributed by atoms with Crippen molar-refractivity contribution in [2.75, 3.05) is 6.67 Å². The van der Waals surface area contributed by atoms with Crippen molar-refractivity contribution >= 4 is 16.6 Å². The Balaban J connectivity index is 2.96. The Hall–Kier alpha value is -2.47.